The van der Waals surface area contributed by atoms with Crippen molar-refractivity contribution in [3.8, 4) is 0 Å². The monoisotopic (exact) mass is 246 g/mol. The van der Waals surface area contributed by atoms with E-state index in [9.17, 15) is 4.79 Å². The summed E-state index contributed by atoms with van der Waals surface area (Å²) < 4.78 is 0. The Labute approximate surface area is 103 Å². The number of carbonyl (C=O) groups is 1. The number of nitrogens with zero attached hydrogens (tertiary/aromatic N) is 3. The number of hydrogen-bond acceptors (Lipinski definition) is 4. The van der Waals surface area contributed by atoms with E-state index in [0.717, 1.165) is 24.4 Å². The Kier molecular flexibility index (Phi) is 2.50. The summed E-state index contributed by atoms with van der Waals surface area (Å²) in [6.07, 6.45) is 4.57. The number of aromatic carboxylic acids is 1. The average Bonchev–Trinajstić information content (AvgIpc) is 2.97. The SMILES string of the molecule is Cc1nc(C2CCCC2)nc2c(C(=O)O)[nH]nc12. The molecule has 0 unspecified atom stereocenters. The van der Waals surface area contributed by atoms with Gasteiger partial charge in [0.1, 0.15) is 16.9 Å². The van der Waals surface area contributed by atoms with E-state index in [1.807, 2.05) is 6.92 Å². The highest BCUT2D eigenvalue weighted by molar-refractivity contribution is 5.99. The van der Waals surface area contributed by atoms with E-state index in [0.29, 0.717) is 17.0 Å². The number of fused-ring (bicyclic) bond motifs is 1. The fraction of sp³-hybridized carbons (Fsp3) is 0.500. The largest absolute Gasteiger partial charge is 0.476 e. The van der Waals surface area contributed by atoms with Crippen molar-refractivity contribution >= 4 is 17.0 Å². The second-order valence-corrected chi connectivity index (χ2v) is 4.75. The summed E-state index contributed by atoms with van der Waals surface area (Å²) in [4.78, 5) is 20.0. The van der Waals surface area contributed by atoms with Crippen LogP contribution in [-0.4, -0.2) is 31.2 Å². The lowest BCUT2D eigenvalue weighted by atomic mass is 10.1. The zero-order chi connectivity index (χ0) is 12.7. The lowest BCUT2D eigenvalue weighted by molar-refractivity contribution is 0.0692. The number of carboxylic acid groups (broad SMARTS) is 1. The highest BCUT2D eigenvalue weighted by atomic mass is 16.4. The Balaban J connectivity index is 2.17. The van der Waals surface area contributed by atoms with Crippen LogP contribution in [0.4, 0.5) is 0 Å². The number of nitrogens with one attached hydrogen (secondary N) is 1. The van der Waals surface area contributed by atoms with Gasteiger partial charge in [0.05, 0.1) is 5.69 Å². The summed E-state index contributed by atoms with van der Waals surface area (Å²) in [6.45, 7) is 1.84. The van der Waals surface area contributed by atoms with Crippen LogP contribution < -0.4 is 0 Å². The van der Waals surface area contributed by atoms with Crippen LogP contribution in [0.3, 0.4) is 0 Å². The summed E-state index contributed by atoms with van der Waals surface area (Å²) in [6, 6.07) is 0. The molecule has 0 bridgehead atoms. The molecule has 18 heavy (non-hydrogen) atoms. The standard InChI is InChI=1S/C12H14N4O2/c1-6-8-9(10(12(17)18)16-15-8)14-11(13-6)7-4-2-3-5-7/h7H,2-5H2,1H3,(H,15,16)(H,17,18). The number of rotatable bonds is 2. The molecular formula is C12H14N4O2. The van der Waals surface area contributed by atoms with Crippen molar-refractivity contribution in [1.29, 1.82) is 0 Å². The molecule has 2 aromatic heterocycles. The third-order valence-corrected chi connectivity index (χ3v) is 3.53. The first-order valence-corrected chi connectivity index (χ1v) is 6.12. The van der Waals surface area contributed by atoms with Crippen molar-refractivity contribution in [3.05, 3.63) is 17.2 Å². The third-order valence-electron chi connectivity index (χ3n) is 3.53. The molecule has 2 aromatic rings. The second kappa shape index (κ2) is 4.04. The van der Waals surface area contributed by atoms with Gasteiger partial charge in [-0.2, -0.15) is 5.10 Å². The average molecular weight is 246 g/mol. The van der Waals surface area contributed by atoms with Gasteiger partial charge in [0.2, 0.25) is 0 Å². The summed E-state index contributed by atoms with van der Waals surface area (Å²) in [5.41, 5.74) is 1.77. The van der Waals surface area contributed by atoms with Gasteiger partial charge < -0.3 is 5.11 Å². The Morgan fingerprint density at radius 2 is 2.00 bits per heavy atom. The molecule has 1 aliphatic carbocycles. The van der Waals surface area contributed by atoms with Crippen molar-refractivity contribution in [1.82, 2.24) is 20.2 Å². The van der Waals surface area contributed by atoms with Gasteiger partial charge in [-0.3, -0.25) is 5.10 Å². The highest BCUT2D eigenvalue weighted by Crippen LogP contribution is 2.33. The summed E-state index contributed by atoms with van der Waals surface area (Å²) in [5, 5.41) is 15.6. The number of aromatic nitrogens is 4. The fourth-order valence-corrected chi connectivity index (χ4v) is 2.58. The van der Waals surface area contributed by atoms with Crippen LogP contribution in [0.25, 0.3) is 11.0 Å². The number of hydrogen-bond donors (Lipinski definition) is 2. The minimum atomic E-state index is -1.03. The van der Waals surface area contributed by atoms with Gasteiger partial charge in [-0.25, -0.2) is 14.8 Å². The summed E-state index contributed by atoms with van der Waals surface area (Å²) in [7, 11) is 0. The van der Waals surface area contributed by atoms with Crippen molar-refractivity contribution in [2.45, 2.75) is 38.5 Å². The maximum atomic E-state index is 11.1. The van der Waals surface area contributed by atoms with Gasteiger partial charge in [-0.05, 0) is 19.8 Å². The van der Waals surface area contributed by atoms with Crippen LogP contribution >= 0.6 is 0 Å². The molecule has 0 aliphatic heterocycles. The van der Waals surface area contributed by atoms with Gasteiger partial charge in [0, 0.05) is 5.92 Å². The maximum absolute atomic E-state index is 11.1. The van der Waals surface area contributed by atoms with E-state index < -0.39 is 5.97 Å². The first-order chi connectivity index (χ1) is 8.66. The van der Waals surface area contributed by atoms with Crippen molar-refractivity contribution in [2.24, 2.45) is 0 Å². The summed E-state index contributed by atoms with van der Waals surface area (Å²) in [5.74, 6) is 0.0963. The van der Waals surface area contributed by atoms with Crippen LogP contribution in [0, 0.1) is 6.92 Å². The van der Waals surface area contributed by atoms with E-state index in [4.69, 9.17) is 5.11 Å². The first-order valence-electron chi connectivity index (χ1n) is 6.12. The molecule has 3 rings (SSSR count). The lowest BCUT2D eigenvalue weighted by Crippen LogP contribution is -2.04. The minimum absolute atomic E-state index is 0.0507. The molecule has 6 heteroatoms. The molecule has 0 amide bonds. The van der Waals surface area contributed by atoms with E-state index >= 15 is 0 Å². The second-order valence-electron chi connectivity index (χ2n) is 4.75. The van der Waals surface area contributed by atoms with Gasteiger partial charge in [-0.1, -0.05) is 12.8 Å². The zero-order valence-corrected chi connectivity index (χ0v) is 10.1. The van der Waals surface area contributed by atoms with Gasteiger partial charge in [0.15, 0.2) is 5.69 Å². The molecule has 0 spiro atoms. The zero-order valence-electron chi connectivity index (χ0n) is 10.1. The highest BCUT2D eigenvalue weighted by Gasteiger charge is 2.23. The van der Waals surface area contributed by atoms with Crippen LogP contribution in [0.1, 0.15) is 53.6 Å². The molecule has 94 valence electrons. The lowest BCUT2D eigenvalue weighted by Gasteiger charge is -2.08. The number of aryl methyl sites for hydroxylation is 1. The molecule has 6 nitrogen and oxygen atoms in total. The Morgan fingerprint density at radius 3 is 2.67 bits per heavy atom. The maximum Gasteiger partial charge on any atom is 0.356 e. The first kappa shape index (κ1) is 11.1. The molecule has 2 heterocycles. The molecule has 1 fully saturated rings. The third kappa shape index (κ3) is 1.64. The predicted molar refractivity (Wildman–Crippen MR) is 64.6 cm³/mol. The van der Waals surface area contributed by atoms with E-state index in [2.05, 4.69) is 20.2 Å². The molecule has 0 atom stereocenters. The van der Waals surface area contributed by atoms with Gasteiger partial charge in [-0.15, -0.1) is 0 Å². The molecule has 1 aliphatic rings. The van der Waals surface area contributed by atoms with Gasteiger partial charge >= 0.3 is 5.97 Å². The Hall–Kier alpha value is -1.98. The number of H-pyrrole nitrogens is 1. The van der Waals surface area contributed by atoms with Crippen LogP contribution in [0.15, 0.2) is 0 Å². The quantitative estimate of drug-likeness (QED) is 0.845. The predicted octanol–water partition coefficient (Wildman–Crippen LogP) is 2.02. The van der Waals surface area contributed by atoms with Crippen molar-refractivity contribution < 1.29 is 9.90 Å². The normalized spacial score (nSPS) is 16.5. The molecule has 0 aromatic carbocycles. The van der Waals surface area contributed by atoms with Gasteiger partial charge in [0.25, 0.3) is 0 Å². The van der Waals surface area contributed by atoms with E-state index in [-0.39, 0.29) is 5.69 Å². The van der Waals surface area contributed by atoms with Crippen LogP contribution in [0.5, 0.6) is 0 Å². The smallest absolute Gasteiger partial charge is 0.356 e. The minimum Gasteiger partial charge on any atom is -0.476 e. The summed E-state index contributed by atoms with van der Waals surface area (Å²) >= 11 is 0. The van der Waals surface area contributed by atoms with Crippen molar-refractivity contribution in [3.63, 3.8) is 0 Å². The Bertz CT molecular complexity index is 614. The van der Waals surface area contributed by atoms with Crippen LogP contribution in [0.2, 0.25) is 0 Å². The molecule has 2 N–H and O–H groups in total. The van der Waals surface area contributed by atoms with E-state index in [1.165, 1.54) is 12.8 Å². The van der Waals surface area contributed by atoms with E-state index in [1.54, 1.807) is 0 Å². The number of carboxylic acids is 1. The Morgan fingerprint density at radius 1 is 1.28 bits per heavy atom. The fourth-order valence-electron chi connectivity index (χ4n) is 2.58. The van der Waals surface area contributed by atoms with Crippen LogP contribution in [-0.2, 0) is 0 Å². The molecule has 0 saturated heterocycles. The number of aromatic amines is 1. The molecular weight excluding hydrogens is 232 g/mol. The molecule has 1 saturated carbocycles. The topological polar surface area (TPSA) is 91.8 Å². The van der Waals surface area contributed by atoms with Crippen molar-refractivity contribution in [2.75, 3.05) is 0 Å². The molecule has 0 radical (unpaired) electrons.